The first kappa shape index (κ1) is 14.4. The van der Waals surface area contributed by atoms with Gasteiger partial charge in [-0.1, -0.05) is 12.1 Å². The molecule has 0 radical (unpaired) electrons. The maximum atomic E-state index is 13.2. The highest BCUT2D eigenvalue weighted by molar-refractivity contribution is 5.17. The number of benzene rings is 1. The molecule has 0 aromatic heterocycles. The van der Waals surface area contributed by atoms with E-state index in [2.05, 4.69) is 17.3 Å². The van der Waals surface area contributed by atoms with E-state index in [-0.39, 0.29) is 12.4 Å². The third-order valence-corrected chi connectivity index (χ3v) is 3.68. The number of hydrogen-bond acceptors (Lipinski definition) is 3. The molecule has 1 saturated heterocycles. The molecule has 4 heteroatoms. The van der Waals surface area contributed by atoms with E-state index in [0.717, 1.165) is 31.5 Å². The molecule has 2 N–H and O–H groups in total. The molecule has 2 atom stereocenters. The van der Waals surface area contributed by atoms with Gasteiger partial charge in [-0.2, -0.15) is 0 Å². The van der Waals surface area contributed by atoms with Gasteiger partial charge in [0.15, 0.2) is 0 Å². The van der Waals surface area contributed by atoms with Gasteiger partial charge < -0.3 is 15.3 Å². The van der Waals surface area contributed by atoms with Gasteiger partial charge in [-0.05, 0) is 43.5 Å². The van der Waals surface area contributed by atoms with Crippen LogP contribution in [0.3, 0.4) is 0 Å². The van der Waals surface area contributed by atoms with Gasteiger partial charge in [-0.25, -0.2) is 4.39 Å². The molecule has 0 spiro atoms. The van der Waals surface area contributed by atoms with Crippen LogP contribution in [0.25, 0.3) is 0 Å². The quantitative estimate of drug-likeness (QED) is 0.842. The molecule has 1 aromatic rings. The fraction of sp³-hybridized carbons (Fsp3) is 0.600. The second-order valence-electron chi connectivity index (χ2n) is 5.53. The molecule has 3 nitrogen and oxygen atoms in total. The second-order valence-corrected chi connectivity index (χ2v) is 5.53. The van der Waals surface area contributed by atoms with Crippen LogP contribution in [-0.4, -0.2) is 49.3 Å². The molecule has 0 aliphatic carbocycles. The Hall–Kier alpha value is -0.970. The molecule has 0 bridgehead atoms. The highest BCUT2D eigenvalue weighted by Gasteiger charge is 2.24. The van der Waals surface area contributed by atoms with Crippen molar-refractivity contribution in [3.05, 3.63) is 35.6 Å². The van der Waals surface area contributed by atoms with Crippen LogP contribution in [0, 0.1) is 11.7 Å². The smallest absolute Gasteiger partial charge is 0.123 e. The standard InChI is InChI=1S/C15H23FN2O/c1-18-10-13(9-15(11-18)17-5-6-19)7-12-3-2-4-14(16)8-12/h2-4,8,13,15,17,19H,5-7,9-11H2,1H3. The number of likely N-dealkylation sites (tertiary alicyclic amines) is 1. The van der Waals surface area contributed by atoms with Gasteiger partial charge in [0, 0.05) is 25.7 Å². The first-order chi connectivity index (χ1) is 9.17. The summed E-state index contributed by atoms with van der Waals surface area (Å²) in [6.45, 7) is 2.88. The Bertz CT molecular complexity index is 399. The van der Waals surface area contributed by atoms with Gasteiger partial charge in [0.25, 0.3) is 0 Å². The molecule has 2 rings (SSSR count). The molecule has 1 aliphatic heterocycles. The summed E-state index contributed by atoms with van der Waals surface area (Å²) in [7, 11) is 2.12. The normalized spacial score (nSPS) is 24.6. The van der Waals surface area contributed by atoms with Crippen LogP contribution < -0.4 is 5.32 Å². The van der Waals surface area contributed by atoms with Crippen molar-refractivity contribution in [2.45, 2.75) is 18.9 Å². The zero-order valence-corrected chi connectivity index (χ0v) is 11.5. The van der Waals surface area contributed by atoms with Crippen LogP contribution in [0.2, 0.25) is 0 Å². The molecule has 1 aromatic carbocycles. The van der Waals surface area contributed by atoms with Crippen LogP contribution >= 0.6 is 0 Å². The number of nitrogens with one attached hydrogen (secondary N) is 1. The molecule has 0 amide bonds. The average molecular weight is 266 g/mol. The maximum Gasteiger partial charge on any atom is 0.123 e. The second kappa shape index (κ2) is 6.98. The van der Waals surface area contributed by atoms with Crippen molar-refractivity contribution in [3.8, 4) is 0 Å². The Labute approximate surface area is 114 Å². The predicted molar refractivity (Wildman–Crippen MR) is 74.6 cm³/mol. The van der Waals surface area contributed by atoms with E-state index >= 15 is 0 Å². The van der Waals surface area contributed by atoms with E-state index < -0.39 is 0 Å². The van der Waals surface area contributed by atoms with Gasteiger partial charge in [-0.3, -0.25) is 0 Å². The summed E-state index contributed by atoms with van der Waals surface area (Å²) in [5.74, 6) is 0.383. The Balaban J connectivity index is 1.92. The summed E-state index contributed by atoms with van der Waals surface area (Å²) in [6, 6.07) is 7.31. The van der Waals surface area contributed by atoms with E-state index in [1.54, 1.807) is 12.1 Å². The van der Waals surface area contributed by atoms with Crippen molar-refractivity contribution in [2.24, 2.45) is 5.92 Å². The summed E-state index contributed by atoms with van der Waals surface area (Å²) in [5, 5.41) is 12.2. The number of aliphatic hydroxyl groups is 1. The number of hydrogen-bond donors (Lipinski definition) is 2. The van der Waals surface area contributed by atoms with Crippen LogP contribution in [0.1, 0.15) is 12.0 Å². The first-order valence-corrected chi connectivity index (χ1v) is 6.94. The van der Waals surface area contributed by atoms with Crippen molar-refractivity contribution in [1.82, 2.24) is 10.2 Å². The summed E-state index contributed by atoms with van der Waals surface area (Å²) >= 11 is 0. The molecule has 1 heterocycles. The lowest BCUT2D eigenvalue weighted by molar-refractivity contribution is 0.163. The van der Waals surface area contributed by atoms with Gasteiger partial charge >= 0.3 is 0 Å². The topological polar surface area (TPSA) is 35.5 Å². The van der Waals surface area contributed by atoms with Crippen molar-refractivity contribution >= 4 is 0 Å². The summed E-state index contributed by atoms with van der Waals surface area (Å²) < 4.78 is 13.2. The monoisotopic (exact) mass is 266 g/mol. The number of nitrogens with zero attached hydrogens (tertiary/aromatic N) is 1. The van der Waals surface area contributed by atoms with Crippen LogP contribution in [0.4, 0.5) is 4.39 Å². The highest BCUT2D eigenvalue weighted by Crippen LogP contribution is 2.20. The van der Waals surface area contributed by atoms with Crippen molar-refractivity contribution in [1.29, 1.82) is 0 Å². The minimum Gasteiger partial charge on any atom is -0.395 e. The fourth-order valence-corrected chi connectivity index (χ4v) is 3.00. The number of likely N-dealkylation sites (N-methyl/N-ethyl adjacent to an activating group) is 1. The lowest BCUT2D eigenvalue weighted by atomic mass is 9.89. The van der Waals surface area contributed by atoms with Gasteiger partial charge in [-0.15, -0.1) is 0 Å². The average Bonchev–Trinajstić information content (AvgIpc) is 2.35. The summed E-state index contributed by atoms with van der Waals surface area (Å²) in [6.07, 6.45) is 2.00. The Morgan fingerprint density at radius 3 is 3.00 bits per heavy atom. The van der Waals surface area contributed by atoms with Crippen LogP contribution in [0.15, 0.2) is 24.3 Å². The molecule has 1 fully saturated rings. The van der Waals surface area contributed by atoms with E-state index in [9.17, 15) is 4.39 Å². The van der Waals surface area contributed by atoms with E-state index in [0.29, 0.717) is 18.5 Å². The lowest BCUT2D eigenvalue weighted by Gasteiger charge is -2.36. The van der Waals surface area contributed by atoms with E-state index in [1.165, 1.54) is 6.07 Å². The van der Waals surface area contributed by atoms with Crippen LogP contribution in [0.5, 0.6) is 0 Å². The minimum absolute atomic E-state index is 0.156. The number of piperidine rings is 1. The Morgan fingerprint density at radius 1 is 1.42 bits per heavy atom. The Kier molecular flexibility index (Phi) is 5.31. The molecule has 106 valence electrons. The van der Waals surface area contributed by atoms with E-state index in [4.69, 9.17) is 5.11 Å². The molecular weight excluding hydrogens is 243 g/mol. The zero-order chi connectivity index (χ0) is 13.7. The number of rotatable bonds is 5. The number of aliphatic hydroxyl groups excluding tert-OH is 1. The molecule has 19 heavy (non-hydrogen) atoms. The molecular formula is C15H23FN2O. The van der Waals surface area contributed by atoms with Crippen molar-refractivity contribution < 1.29 is 9.50 Å². The first-order valence-electron chi connectivity index (χ1n) is 6.94. The Morgan fingerprint density at radius 2 is 2.26 bits per heavy atom. The summed E-state index contributed by atoms with van der Waals surface area (Å²) in [5.41, 5.74) is 1.07. The van der Waals surface area contributed by atoms with E-state index in [1.807, 2.05) is 6.07 Å². The third-order valence-electron chi connectivity index (χ3n) is 3.68. The number of halogens is 1. The van der Waals surface area contributed by atoms with Crippen molar-refractivity contribution in [2.75, 3.05) is 33.3 Å². The highest BCUT2D eigenvalue weighted by atomic mass is 19.1. The van der Waals surface area contributed by atoms with Gasteiger partial charge in [0.2, 0.25) is 0 Å². The minimum atomic E-state index is -0.156. The molecule has 1 aliphatic rings. The molecule has 0 saturated carbocycles. The van der Waals surface area contributed by atoms with Gasteiger partial charge in [0.1, 0.15) is 5.82 Å². The fourth-order valence-electron chi connectivity index (χ4n) is 3.00. The molecule has 2 unspecified atom stereocenters. The summed E-state index contributed by atoms with van der Waals surface area (Å²) in [4.78, 5) is 2.31. The largest absolute Gasteiger partial charge is 0.395 e. The third kappa shape index (κ3) is 4.56. The maximum absolute atomic E-state index is 13.2. The van der Waals surface area contributed by atoms with Gasteiger partial charge in [0.05, 0.1) is 6.61 Å². The lowest BCUT2D eigenvalue weighted by Crippen LogP contribution is -2.48. The zero-order valence-electron chi connectivity index (χ0n) is 11.5. The SMILES string of the molecule is CN1CC(Cc2cccc(F)c2)CC(NCCO)C1. The van der Waals surface area contributed by atoms with Crippen molar-refractivity contribution in [3.63, 3.8) is 0 Å². The van der Waals surface area contributed by atoms with Crippen LogP contribution in [-0.2, 0) is 6.42 Å². The predicted octanol–water partition coefficient (Wildman–Crippen LogP) is 1.27.